The Balaban J connectivity index is 1.60. The van der Waals surface area contributed by atoms with E-state index in [9.17, 15) is 4.79 Å². The molecular formula is C14H16N4O2. The Hall–Kier alpha value is -2.21. The molecule has 0 radical (unpaired) electrons. The summed E-state index contributed by atoms with van der Waals surface area (Å²) >= 11 is 0. The highest BCUT2D eigenvalue weighted by Crippen LogP contribution is 2.12. The second-order valence-electron chi connectivity index (χ2n) is 4.86. The Labute approximate surface area is 116 Å². The van der Waals surface area contributed by atoms with Gasteiger partial charge in [-0.15, -0.1) is 10.2 Å². The van der Waals surface area contributed by atoms with Gasteiger partial charge in [-0.2, -0.15) is 0 Å². The van der Waals surface area contributed by atoms with Crippen molar-refractivity contribution in [2.75, 3.05) is 19.8 Å². The number of amides is 1. The van der Waals surface area contributed by atoms with Crippen LogP contribution in [0.2, 0.25) is 0 Å². The van der Waals surface area contributed by atoms with Crippen LogP contribution >= 0.6 is 0 Å². The van der Waals surface area contributed by atoms with E-state index in [0.717, 1.165) is 25.3 Å². The predicted molar refractivity (Wildman–Crippen MR) is 72.6 cm³/mol. The van der Waals surface area contributed by atoms with Gasteiger partial charge in [-0.3, -0.25) is 9.36 Å². The fourth-order valence-corrected chi connectivity index (χ4v) is 2.20. The maximum atomic E-state index is 12.0. The molecule has 0 saturated carbocycles. The van der Waals surface area contributed by atoms with Crippen molar-refractivity contribution in [3.05, 3.63) is 42.5 Å². The van der Waals surface area contributed by atoms with Crippen LogP contribution in [0.25, 0.3) is 5.69 Å². The third-order valence-electron chi connectivity index (χ3n) is 3.42. The Morgan fingerprint density at radius 2 is 2.05 bits per heavy atom. The molecule has 20 heavy (non-hydrogen) atoms. The SMILES string of the molecule is O=C(NC[C@@H]1CCOC1)c1ccc(-n2cnnc2)cc1. The lowest BCUT2D eigenvalue weighted by Crippen LogP contribution is -2.29. The minimum absolute atomic E-state index is 0.0489. The summed E-state index contributed by atoms with van der Waals surface area (Å²) in [7, 11) is 0. The lowest BCUT2D eigenvalue weighted by Gasteiger charge is -2.10. The molecule has 0 bridgehead atoms. The van der Waals surface area contributed by atoms with Gasteiger partial charge in [0, 0.05) is 30.3 Å². The molecule has 1 N–H and O–H groups in total. The Kier molecular flexibility index (Phi) is 3.73. The van der Waals surface area contributed by atoms with E-state index in [0.29, 0.717) is 18.0 Å². The molecule has 1 aromatic heterocycles. The van der Waals surface area contributed by atoms with Crippen molar-refractivity contribution in [3.8, 4) is 5.69 Å². The van der Waals surface area contributed by atoms with Crippen LogP contribution in [-0.4, -0.2) is 40.4 Å². The van der Waals surface area contributed by atoms with Crippen molar-refractivity contribution < 1.29 is 9.53 Å². The molecule has 2 aromatic rings. The van der Waals surface area contributed by atoms with Crippen molar-refractivity contribution in [2.45, 2.75) is 6.42 Å². The van der Waals surface area contributed by atoms with Gasteiger partial charge in [0.15, 0.2) is 0 Å². The van der Waals surface area contributed by atoms with E-state index in [1.165, 1.54) is 0 Å². The van der Waals surface area contributed by atoms with Gasteiger partial charge in [0.1, 0.15) is 12.7 Å². The molecule has 6 nitrogen and oxygen atoms in total. The topological polar surface area (TPSA) is 69.0 Å². The molecule has 6 heteroatoms. The number of nitrogens with one attached hydrogen (secondary N) is 1. The molecule has 1 aliphatic heterocycles. The highest BCUT2D eigenvalue weighted by Gasteiger charge is 2.16. The molecule has 1 aliphatic rings. The standard InChI is InChI=1S/C14H16N4O2/c19-14(15-7-11-5-6-20-8-11)12-1-3-13(4-2-12)18-9-16-17-10-18/h1-4,9-11H,5-8H2,(H,15,19)/t11-/m0/s1. The zero-order chi connectivity index (χ0) is 13.8. The summed E-state index contributed by atoms with van der Waals surface area (Å²) in [6.07, 6.45) is 4.26. The van der Waals surface area contributed by atoms with Crippen molar-refractivity contribution in [3.63, 3.8) is 0 Å². The molecule has 1 amide bonds. The number of hydrogen-bond donors (Lipinski definition) is 1. The number of hydrogen-bond acceptors (Lipinski definition) is 4. The van der Waals surface area contributed by atoms with E-state index in [-0.39, 0.29) is 5.91 Å². The third kappa shape index (κ3) is 2.85. The fraction of sp³-hybridized carbons (Fsp3) is 0.357. The van der Waals surface area contributed by atoms with Gasteiger partial charge in [0.25, 0.3) is 5.91 Å². The van der Waals surface area contributed by atoms with E-state index in [2.05, 4.69) is 15.5 Å². The second-order valence-corrected chi connectivity index (χ2v) is 4.86. The summed E-state index contributed by atoms with van der Waals surface area (Å²) in [6, 6.07) is 7.35. The summed E-state index contributed by atoms with van der Waals surface area (Å²) in [5.41, 5.74) is 1.58. The van der Waals surface area contributed by atoms with E-state index in [4.69, 9.17) is 4.74 Å². The van der Waals surface area contributed by atoms with Crippen molar-refractivity contribution in [1.29, 1.82) is 0 Å². The van der Waals surface area contributed by atoms with Gasteiger partial charge in [-0.1, -0.05) is 0 Å². The van der Waals surface area contributed by atoms with Crippen LogP contribution in [-0.2, 0) is 4.74 Å². The van der Waals surface area contributed by atoms with Crippen LogP contribution in [0.1, 0.15) is 16.8 Å². The molecule has 1 atom stereocenters. The van der Waals surface area contributed by atoms with Crippen LogP contribution in [0.15, 0.2) is 36.9 Å². The second kappa shape index (κ2) is 5.83. The first-order chi connectivity index (χ1) is 9.83. The summed E-state index contributed by atoms with van der Waals surface area (Å²) in [5.74, 6) is 0.391. The molecule has 0 aliphatic carbocycles. The van der Waals surface area contributed by atoms with E-state index < -0.39 is 0 Å². The number of carbonyl (C=O) groups is 1. The third-order valence-corrected chi connectivity index (χ3v) is 3.42. The Morgan fingerprint density at radius 3 is 2.70 bits per heavy atom. The lowest BCUT2D eigenvalue weighted by molar-refractivity contribution is 0.0945. The van der Waals surface area contributed by atoms with Crippen molar-refractivity contribution >= 4 is 5.91 Å². The van der Waals surface area contributed by atoms with Gasteiger partial charge in [0.2, 0.25) is 0 Å². The minimum Gasteiger partial charge on any atom is -0.381 e. The molecular weight excluding hydrogens is 256 g/mol. The molecule has 2 heterocycles. The van der Waals surface area contributed by atoms with E-state index in [1.54, 1.807) is 29.4 Å². The monoisotopic (exact) mass is 272 g/mol. The van der Waals surface area contributed by atoms with Crippen molar-refractivity contribution in [2.24, 2.45) is 5.92 Å². The van der Waals surface area contributed by atoms with Crippen LogP contribution in [0.5, 0.6) is 0 Å². The highest BCUT2D eigenvalue weighted by atomic mass is 16.5. The van der Waals surface area contributed by atoms with Crippen LogP contribution in [0.4, 0.5) is 0 Å². The normalized spacial score (nSPS) is 18.1. The van der Waals surface area contributed by atoms with E-state index in [1.807, 2.05) is 12.1 Å². The molecule has 1 fully saturated rings. The summed E-state index contributed by atoms with van der Waals surface area (Å²) in [5, 5.41) is 10.4. The van der Waals surface area contributed by atoms with Crippen LogP contribution in [0, 0.1) is 5.92 Å². The van der Waals surface area contributed by atoms with Gasteiger partial charge in [-0.05, 0) is 30.7 Å². The molecule has 0 unspecified atom stereocenters. The number of carbonyl (C=O) groups excluding carboxylic acids is 1. The lowest BCUT2D eigenvalue weighted by atomic mass is 10.1. The molecule has 3 rings (SSSR count). The number of rotatable bonds is 4. The van der Waals surface area contributed by atoms with Crippen LogP contribution in [0.3, 0.4) is 0 Å². The number of nitrogens with zero attached hydrogens (tertiary/aromatic N) is 3. The van der Waals surface area contributed by atoms with E-state index >= 15 is 0 Å². The summed E-state index contributed by atoms with van der Waals surface area (Å²) < 4.78 is 7.08. The number of benzene rings is 1. The first-order valence-corrected chi connectivity index (χ1v) is 6.64. The zero-order valence-corrected chi connectivity index (χ0v) is 11.0. The molecule has 0 spiro atoms. The molecule has 1 saturated heterocycles. The quantitative estimate of drug-likeness (QED) is 0.902. The van der Waals surface area contributed by atoms with Crippen molar-refractivity contribution in [1.82, 2.24) is 20.1 Å². The average molecular weight is 272 g/mol. The first-order valence-electron chi connectivity index (χ1n) is 6.64. The summed E-state index contributed by atoms with van der Waals surface area (Å²) in [4.78, 5) is 12.0. The number of ether oxygens (including phenoxy) is 1. The summed E-state index contributed by atoms with van der Waals surface area (Å²) in [6.45, 7) is 2.22. The first kappa shape index (κ1) is 12.8. The minimum atomic E-state index is -0.0489. The Morgan fingerprint density at radius 1 is 1.30 bits per heavy atom. The maximum Gasteiger partial charge on any atom is 0.251 e. The van der Waals surface area contributed by atoms with Gasteiger partial charge >= 0.3 is 0 Å². The number of aromatic nitrogens is 3. The largest absolute Gasteiger partial charge is 0.381 e. The van der Waals surface area contributed by atoms with Gasteiger partial charge < -0.3 is 10.1 Å². The van der Waals surface area contributed by atoms with Crippen LogP contribution < -0.4 is 5.32 Å². The molecule has 104 valence electrons. The zero-order valence-electron chi connectivity index (χ0n) is 11.0. The van der Waals surface area contributed by atoms with Gasteiger partial charge in [0.05, 0.1) is 6.61 Å². The predicted octanol–water partition coefficient (Wildman–Crippen LogP) is 1.03. The fourth-order valence-electron chi connectivity index (χ4n) is 2.20. The Bertz CT molecular complexity index is 559. The maximum absolute atomic E-state index is 12.0. The molecule has 1 aromatic carbocycles. The average Bonchev–Trinajstić information content (AvgIpc) is 3.18. The highest BCUT2D eigenvalue weighted by molar-refractivity contribution is 5.94. The smallest absolute Gasteiger partial charge is 0.251 e. The van der Waals surface area contributed by atoms with Gasteiger partial charge in [-0.25, -0.2) is 0 Å².